The molecule has 1 saturated carbocycles. The fourth-order valence-corrected chi connectivity index (χ4v) is 1.90. The van der Waals surface area contributed by atoms with E-state index in [-0.39, 0.29) is 11.3 Å². The normalized spacial score (nSPS) is 16.0. The summed E-state index contributed by atoms with van der Waals surface area (Å²) in [7, 11) is 1.85. The zero-order valence-electron chi connectivity index (χ0n) is 9.79. The largest absolute Gasteiger partial charge is 0.326 e. The van der Waals surface area contributed by atoms with Crippen molar-refractivity contribution in [3.63, 3.8) is 0 Å². The van der Waals surface area contributed by atoms with Gasteiger partial charge >= 0.3 is 0 Å². The quantitative estimate of drug-likeness (QED) is 0.822. The molecule has 0 spiro atoms. The molecule has 4 nitrogen and oxygen atoms in total. The lowest BCUT2D eigenvalue weighted by Crippen LogP contribution is -2.32. The van der Waals surface area contributed by atoms with E-state index in [1.807, 2.05) is 7.05 Å². The highest BCUT2D eigenvalue weighted by Gasteiger charge is 2.49. The highest BCUT2D eigenvalue weighted by molar-refractivity contribution is 5.97. The van der Waals surface area contributed by atoms with E-state index >= 15 is 0 Å². The summed E-state index contributed by atoms with van der Waals surface area (Å²) in [5.41, 5.74) is 1.01. The van der Waals surface area contributed by atoms with Crippen LogP contribution in [0.4, 0.5) is 5.69 Å². The van der Waals surface area contributed by atoms with Crippen molar-refractivity contribution >= 4 is 11.6 Å². The maximum atomic E-state index is 12.1. The summed E-state index contributed by atoms with van der Waals surface area (Å²) < 4.78 is 0. The van der Waals surface area contributed by atoms with E-state index in [0.29, 0.717) is 17.8 Å². The number of nitrogens with zero attached hydrogens (tertiary/aromatic N) is 1. The van der Waals surface area contributed by atoms with E-state index in [1.54, 1.807) is 24.3 Å². The van der Waals surface area contributed by atoms with Crippen molar-refractivity contribution < 1.29 is 4.79 Å². The van der Waals surface area contributed by atoms with Crippen LogP contribution in [0.3, 0.4) is 0 Å². The number of rotatable bonds is 4. The molecule has 1 fully saturated rings. The fraction of sp³-hybridized carbons (Fsp3) is 0.385. The van der Waals surface area contributed by atoms with Crippen LogP contribution in [-0.4, -0.2) is 19.5 Å². The van der Waals surface area contributed by atoms with Gasteiger partial charge < -0.3 is 10.6 Å². The van der Waals surface area contributed by atoms with Gasteiger partial charge in [0.2, 0.25) is 5.91 Å². The van der Waals surface area contributed by atoms with E-state index in [2.05, 4.69) is 16.7 Å². The molecule has 0 aliphatic heterocycles. The molecular formula is C13H15N3O. The molecular weight excluding hydrogens is 214 g/mol. The van der Waals surface area contributed by atoms with Crippen LogP contribution in [-0.2, 0) is 4.79 Å². The maximum Gasteiger partial charge on any atom is 0.231 e. The third-order valence-electron chi connectivity index (χ3n) is 3.10. The Balaban J connectivity index is 2.06. The van der Waals surface area contributed by atoms with Crippen molar-refractivity contribution in [2.45, 2.75) is 12.8 Å². The topological polar surface area (TPSA) is 64.9 Å². The average Bonchev–Trinajstić information content (AvgIpc) is 3.11. The molecule has 0 saturated heterocycles. The van der Waals surface area contributed by atoms with Gasteiger partial charge in [-0.2, -0.15) is 5.26 Å². The summed E-state index contributed by atoms with van der Waals surface area (Å²) in [4.78, 5) is 12.1. The molecule has 1 amide bonds. The molecule has 0 bridgehead atoms. The highest BCUT2D eigenvalue weighted by atomic mass is 16.2. The van der Waals surface area contributed by atoms with Crippen LogP contribution in [0.15, 0.2) is 24.3 Å². The number of nitrogens with one attached hydrogen (secondary N) is 2. The lowest BCUT2D eigenvalue weighted by Gasteiger charge is -2.14. The second-order valence-corrected chi connectivity index (χ2v) is 4.46. The summed E-state index contributed by atoms with van der Waals surface area (Å²) in [5.74, 6) is 0.0435. The van der Waals surface area contributed by atoms with Gasteiger partial charge in [-0.05, 0) is 38.1 Å². The number of carbonyl (C=O) groups is 1. The summed E-state index contributed by atoms with van der Waals surface area (Å²) in [6.45, 7) is 0.705. The van der Waals surface area contributed by atoms with Crippen molar-refractivity contribution in [2.24, 2.45) is 5.41 Å². The van der Waals surface area contributed by atoms with Gasteiger partial charge in [0.1, 0.15) is 0 Å². The van der Waals surface area contributed by atoms with Crippen molar-refractivity contribution in [2.75, 3.05) is 18.9 Å². The number of hydrogen-bond acceptors (Lipinski definition) is 3. The first kappa shape index (κ1) is 11.6. The first-order chi connectivity index (χ1) is 8.20. The van der Waals surface area contributed by atoms with Gasteiger partial charge in [0.15, 0.2) is 0 Å². The second-order valence-electron chi connectivity index (χ2n) is 4.46. The monoisotopic (exact) mass is 229 g/mol. The molecule has 4 heteroatoms. The Hall–Kier alpha value is -1.86. The molecule has 1 aromatic rings. The van der Waals surface area contributed by atoms with Crippen molar-refractivity contribution in [3.8, 4) is 6.07 Å². The molecule has 17 heavy (non-hydrogen) atoms. The van der Waals surface area contributed by atoms with Crippen LogP contribution in [0.1, 0.15) is 18.4 Å². The predicted molar refractivity (Wildman–Crippen MR) is 65.4 cm³/mol. The Morgan fingerprint density at radius 2 is 2.29 bits per heavy atom. The summed E-state index contributed by atoms with van der Waals surface area (Å²) in [5, 5.41) is 14.7. The highest BCUT2D eigenvalue weighted by Crippen LogP contribution is 2.45. The van der Waals surface area contributed by atoms with Crippen molar-refractivity contribution in [1.29, 1.82) is 5.26 Å². The molecule has 2 rings (SSSR count). The molecule has 0 aromatic heterocycles. The Kier molecular flexibility index (Phi) is 3.12. The lowest BCUT2D eigenvalue weighted by atomic mass is 10.1. The fourth-order valence-electron chi connectivity index (χ4n) is 1.90. The SMILES string of the molecule is CNCC1(C(=O)Nc2cccc(C#N)c2)CC1. The Labute approximate surface area is 101 Å². The zero-order valence-corrected chi connectivity index (χ0v) is 9.79. The summed E-state index contributed by atoms with van der Waals surface area (Å²) >= 11 is 0. The number of carbonyl (C=O) groups excluding carboxylic acids is 1. The molecule has 0 atom stereocenters. The Morgan fingerprint density at radius 3 is 2.88 bits per heavy atom. The zero-order chi connectivity index (χ0) is 12.3. The van der Waals surface area contributed by atoms with Crippen LogP contribution >= 0.6 is 0 Å². The first-order valence-electron chi connectivity index (χ1n) is 5.66. The third-order valence-corrected chi connectivity index (χ3v) is 3.10. The predicted octanol–water partition coefficient (Wildman–Crippen LogP) is 1.50. The minimum Gasteiger partial charge on any atom is -0.326 e. The number of anilines is 1. The lowest BCUT2D eigenvalue weighted by molar-refractivity contribution is -0.120. The summed E-state index contributed by atoms with van der Waals surface area (Å²) in [6, 6.07) is 9.03. The van der Waals surface area contributed by atoms with E-state index < -0.39 is 0 Å². The number of benzene rings is 1. The number of amides is 1. The molecule has 1 aliphatic rings. The van der Waals surface area contributed by atoms with E-state index in [4.69, 9.17) is 5.26 Å². The smallest absolute Gasteiger partial charge is 0.231 e. The molecule has 0 unspecified atom stereocenters. The van der Waals surface area contributed by atoms with Crippen molar-refractivity contribution in [3.05, 3.63) is 29.8 Å². The maximum absolute atomic E-state index is 12.1. The third kappa shape index (κ3) is 2.45. The molecule has 2 N–H and O–H groups in total. The van der Waals surface area contributed by atoms with Crippen LogP contribution in [0.2, 0.25) is 0 Å². The second kappa shape index (κ2) is 4.56. The molecule has 1 aromatic carbocycles. The van der Waals surface area contributed by atoms with Crippen LogP contribution < -0.4 is 10.6 Å². The van der Waals surface area contributed by atoms with Gasteiger partial charge in [0, 0.05) is 12.2 Å². The van der Waals surface area contributed by atoms with Crippen molar-refractivity contribution in [1.82, 2.24) is 5.32 Å². The van der Waals surface area contributed by atoms with Crippen LogP contribution in [0.5, 0.6) is 0 Å². The standard InChI is InChI=1S/C13H15N3O/c1-15-9-13(5-6-13)12(17)16-11-4-2-3-10(7-11)8-14/h2-4,7,15H,5-6,9H2,1H3,(H,16,17). The van der Waals surface area contributed by atoms with Crippen LogP contribution in [0.25, 0.3) is 0 Å². The molecule has 1 aliphatic carbocycles. The minimum atomic E-state index is -0.239. The van der Waals surface area contributed by atoms with Gasteiger partial charge in [0.05, 0.1) is 17.0 Å². The minimum absolute atomic E-state index is 0.0435. The molecule has 0 heterocycles. The Bertz CT molecular complexity index is 472. The Morgan fingerprint density at radius 1 is 1.53 bits per heavy atom. The molecule has 88 valence electrons. The van der Waals surface area contributed by atoms with Gasteiger partial charge in [-0.25, -0.2) is 0 Å². The van der Waals surface area contributed by atoms with Gasteiger partial charge in [-0.15, -0.1) is 0 Å². The number of hydrogen-bond donors (Lipinski definition) is 2. The van der Waals surface area contributed by atoms with Gasteiger partial charge in [-0.3, -0.25) is 4.79 Å². The average molecular weight is 229 g/mol. The number of nitriles is 1. The van der Waals surface area contributed by atoms with E-state index in [0.717, 1.165) is 12.8 Å². The van der Waals surface area contributed by atoms with E-state index in [1.165, 1.54) is 0 Å². The first-order valence-corrected chi connectivity index (χ1v) is 5.66. The van der Waals surface area contributed by atoms with Gasteiger partial charge in [0.25, 0.3) is 0 Å². The van der Waals surface area contributed by atoms with Crippen LogP contribution in [0, 0.1) is 16.7 Å². The van der Waals surface area contributed by atoms with Gasteiger partial charge in [-0.1, -0.05) is 6.07 Å². The molecule has 0 radical (unpaired) electrons. The summed E-state index contributed by atoms with van der Waals surface area (Å²) in [6.07, 6.45) is 1.86. The van der Waals surface area contributed by atoms with E-state index in [9.17, 15) is 4.79 Å².